The maximum atomic E-state index is 5.54. The Morgan fingerprint density at radius 1 is 1.62 bits per heavy atom. The second kappa shape index (κ2) is 5.19. The van der Waals surface area contributed by atoms with Crippen LogP contribution in [0.2, 0.25) is 0 Å². The fourth-order valence-electron chi connectivity index (χ4n) is 1.17. The summed E-state index contributed by atoms with van der Waals surface area (Å²) in [6, 6.07) is 0. The molecular formula is C9H17N3S. The van der Waals surface area contributed by atoms with Crippen molar-refractivity contribution in [2.24, 2.45) is 0 Å². The summed E-state index contributed by atoms with van der Waals surface area (Å²) in [4.78, 5) is 7.57. The molecule has 0 aliphatic carbocycles. The number of hydrogen-bond donors (Lipinski definition) is 1. The fraction of sp³-hybridized carbons (Fsp3) is 0.667. The number of rotatable bonds is 5. The number of anilines is 1. The highest BCUT2D eigenvalue weighted by atomic mass is 32.1. The lowest BCUT2D eigenvalue weighted by atomic mass is 10.3. The molecule has 0 atom stereocenters. The van der Waals surface area contributed by atoms with E-state index in [1.165, 1.54) is 17.7 Å². The molecule has 74 valence electrons. The Morgan fingerprint density at radius 3 is 2.92 bits per heavy atom. The van der Waals surface area contributed by atoms with E-state index in [9.17, 15) is 0 Å². The summed E-state index contributed by atoms with van der Waals surface area (Å²) in [5.41, 5.74) is 5.54. The second-order valence-corrected chi connectivity index (χ2v) is 4.40. The van der Waals surface area contributed by atoms with Crippen LogP contribution in [0.3, 0.4) is 0 Å². The van der Waals surface area contributed by atoms with Gasteiger partial charge < -0.3 is 10.6 Å². The molecule has 0 spiro atoms. The molecule has 1 aromatic rings. The van der Waals surface area contributed by atoms with Gasteiger partial charge in [-0.2, -0.15) is 0 Å². The highest BCUT2D eigenvalue weighted by Gasteiger charge is 2.02. The van der Waals surface area contributed by atoms with Gasteiger partial charge in [-0.25, -0.2) is 4.98 Å². The molecule has 1 heterocycles. The molecular weight excluding hydrogens is 182 g/mol. The Labute approximate surface area is 83.6 Å². The van der Waals surface area contributed by atoms with E-state index in [1.54, 1.807) is 11.3 Å². The van der Waals surface area contributed by atoms with Crippen LogP contribution < -0.4 is 5.73 Å². The zero-order valence-electron chi connectivity index (χ0n) is 8.29. The molecule has 0 unspecified atom stereocenters. The molecule has 0 aromatic carbocycles. The Kier molecular flexibility index (Phi) is 4.18. The van der Waals surface area contributed by atoms with E-state index in [0.717, 1.165) is 13.1 Å². The summed E-state index contributed by atoms with van der Waals surface area (Å²) in [6.07, 6.45) is 4.36. The van der Waals surface area contributed by atoms with E-state index in [-0.39, 0.29) is 0 Å². The highest BCUT2D eigenvalue weighted by Crippen LogP contribution is 2.15. The van der Waals surface area contributed by atoms with Crippen molar-refractivity contribution in [2.45, 2.75) is 26.3 Å². The lowest BCUT2D eigenvalue weighted by molar-refractivity contribution is 0.323. The summed E-state index contributed by atoms with van der Waals surface area (Å²) in [5.74, 6) is 0. The maximum absolute atomic E-state index is 5.54. The molecule has 0 aliphatic rings. The summed E-state index contributed by atoms with van der Waals surface area (Å²) in [6.45, 7) is 4.32. The third-order valence-corrected chi connectivity index (χ3v) is 2.70. The molecule has 0 saturated carbocycles. The first-order chi connectivity index (χ1) is 6.22. The van der Waals surface area contributed by atoms with Gasteiger partial charge in [0.15, 0.2) is 5.13 Å². The zero-order chi connectivity index (χ0) is 9.68. The van der Waals surface area contributed by atoms with E-state index in [2.05, 4.69) is 23.9 Å². The molecule has 13 heavy (non-hydrogen) atoms. The Hall–Kier alpha value is -0.610. The Bertz CT molecular complexity index is 247. The predicted molar refractivity (Wildman–Crippen MR) is 57.8 cm³/mol. The topological polar surface area (TPSA) is 42.2 Å². The maximum Gasteiger partial charge on any atom is 0.180 e. The Balaban J connectivity index is 2.31. The molecule has 3 nitrogen and oxygen atoms in total. The minimum absolute atomic E-state index is 0.666. The summed E-state index contributed by atoms with van der Waals surface area (Å²) in [7, 11) is 2.13. The molecule has 4 heteroatoms. The molecule has 0 fully saturated rings. The standard InChI is InChI=1S/C9H17N3S/c1-3-4-5-12(2)7-8-6-11-9(10)13-8/h6H,3-5,7H2,1-2H3,(H2,10,11). The molecule has 0 amide bonds. The monoisotopic (exact) mass is 199 g/mol. The van der Waals surface area contributed by atoms with Crippen molar-refractivity contribution in [2.75, 3.05) is 19.3 Å². The molecule has 0 bridgehead atoms. The SMILES string of the molecule is CCCCN(C)Cc1cnc(N)s1. The van der Waals surface area contributed by atoms with Gasteiger partial charge in [-0.15, -0.1) is 11.3 Å². The van der Waals surface area contributed by atoms with Crippen LogP contribution in [0.4, 0.5) is 5.13 Å². The van der Waals surface area contributed by atoms with Crippen LogP contribution in [0.25, 0.3) is 0 Å². The Morgan fingerprint density at radius 2 is 2.38 bits per heavy atom. The average molecular weight is 199 g/mol. The van der Waals surface area contributed by atoms with E-state index < -0.39 is 0 Å². The van der Waals surface area contributed by atoms with Crippen LogP contribution in [0.1, 0.15) is 24.6 Å². The van der Waals surface area contributed by atoms with E-state index >= 15 is 0 Å². The quantitative estimate of drug-likeness (QED) is 0.788. The highest BCUT2D eigenvalue weighted by molar-refractivity contribution is 7.15. The number of nitrogen functional groups attached to an aromatic ring is 1. The van der Waals surface area contributed by atoms with Crippen molar-refractivity contribution in [3.05, 3.63) is 11.1 Å². The van der Waals surface area contributed by atoms with Crippen LogP contribution in [0.15, 0.2) is 6.20 Å². The van der Waals surface area contributed by atoms with E-state index in [1.807, 2.05) is 6.20 Å². The molecule has 1 rings (SSSR count). The first-order valence-corrected chi connectivity index (χ1v) is 5.42. The van der Waals surface area contributed by atoms with Gasteiger partial charge in [0.25, 0.3) is 0 Å². The van der Waals surface area contributed by atoms with Crippen molar-refractivity contribution in [3.63, 3.8) is 0 Å². The number of nitrogens with two attached hydrogens (primary N) is 1. The number of thiazole rings is 1. The summed E-state index contributed by atoms with van der Waals surface area (Å²) < 4.78 is 0. The van der Waals surface area contributed by atoms with Crippen molar-refractivity contribution in [1.29, 1.82) is 0 Å². The zero-order valence-corrected chi connectivity index (χ0v) is 9.10. The van der Waals surface area contributed by atoms with Gasteiger partial charge in [-0.05, 0) is 20.0 Å². The second-order valence-electron chi connectivity index (χ2n) is 3.26. The molecule has 2 N–H and O–H groups in total. The van der Waals surface area contributed by atoms with E-state index in [4.69, 9.17) is 5.73 Å². The molecule has 1 aromatic heterocycles. The van der Waals surface area contributed by atoms with Gasteiger partial charge >= 0.3 is 0 Å². The average Bonchev–Trinajstić information content (AvgIpc) is 2.48. The van der Waals surface area contributed by atoms with Crippen LogP contribution in [-0.4, -0.2) is 23.5 Å². The fourth-order valence-corrected chi connectivity index (χ4v) is 1.93. The van der Waals surface area contributed by atoms with Gasteiger partial charge in [0.1, 0.15) is 0 Å². The molecule has 0 radical (unpaired) electrons. The normalized spacial score (nSPS) is 11.0. The third kappa shape index (κ3) is 3.74. The smallest absolute Gasteiger partial charge is 0.180 e. The summed E-state index contributed by atoms with van der Waals surface area (Å²) in [5, 5.41) is 0.666. The number of hydrogen-bond acceptors (Lipinski definition) is 4. The van der Waals surface area contributed by atoms with Crippen molar-refractivity contribution in [3.8, 4) is 0 Å². The van der Waals surface area contributed by atoms with Crippen molar-refractivity contribution < 1.29 is 0 Å². The van der Waals surface area contributed by atoms with Crippen molar-refractivity contribution in [1.82, 2.24) is 9.88 Å². The predicted octanol–water partition coefficient (Wildman–Crippen LogP) is 1.96. The van der Waals surface area contributed by atoms with Gasteiger partial charge in [-0.3, -0.25) is 0 Å². The number of aromatic nitrogens is 1. The van der Waals surface area contributed by atoms with Gasteiger partial charge in [-0.1, -0.05) is 13.3 Å². The van der Waals surface area contributed by atoms with Gasteiger partial charge in [0, 0.05) is 17.6 Å². The van der Waals surface area contributed by atoms with Gasteiger partial charge in [0.2, 0.25) is 0 Å². The van der Waals surface area contributed by atoms with Crippen LogP contribution >= 0.6 is 11.3 Å². The molecule has 0 aliphatic heterocycles. The summed E-state index contributed by atoms with van der Waals surface area (Å²) >= 11 is 1.57. The lowest BCUT2D eigenvalue weighted by Gasteiger charge is -2.13. The lowest BCUT2D eigenvalue weighted by Crippen LogP contribution is -2.18. The largest absolute Gasteiger partial charge is 0.375 e. The minimum Gasteiger partial charge on any atom is -0.375 e. The van der Waals surface area contributed by atoms with E-state index in [0.29, 0.717) is 5.13 Å². The van der Waals surface area contributed by atoms with Crippen molar-refractivity contribution >= 4 is 16.5 Å². The molecule has 0 saturated heterocycles. The number of nitrogens with zero attached hydrogens (tertiary/aromatic N) is 2. The first-order valence-electron chi connectivity index (χ1n) is 4.61. The minimum atomic E-state index is 0.666. The van der Waals surface area contributed by atoms with Gasteiger partial charge in [0.05, 0.1) is 0 Å². The third-order valence-electron chi connectivity index (χ3n) is 1.89. The van der Waals surface area contributed by atoms with Crippen LogP contribution in [-0.2, 0) is 6.54 Å². The first kappa shape index (κ1) is 10.5. The number of unbranched alkanes of at least 4 members (excludes halogenated alkanes) is 1. The van der Waals surface area contributed by atoms with Crippen LogP contribution in [0, 0.1) is 0 Å². The van der Waals surface area contributed by atoms with Crippen LogP contribution in [0.5, 0.6) is 0 Å².